The van der Waals surface area contributed by atoms with E-state index in [4.69, 9.17) is 21.1 Å². The maximum absolute atomic E-state index is 13.2. The average molecular weight is 487 g/mol. The van der Waals surface area contributed by atoms with Gasteiger partial charge in [0.2, 0.25) is 0 Å². The molecule has 7 nitrogen and oxygen atoms in total. The highest BCUT2D eigenvalue weighted by Gasteiger charge is 2.45. The summed E-state index contributed by atoms with van der Waals surface area (Å²) >= 11 is 6.25. The van der Waals surface area contributed by atoms with Gasteiger partial charge in [0.05, 0.1) is 30.9 Å². The second-order valence-corrected chi connectivity index (χ2v) is 8.40. The van der Waals surface area contributed by atoms with E-state index in [9.17, 15) is 14.7 Å². The van der Waals surface area contributed by atoms with Crippen LogP contribution in [0.15, 0.2) is 48.0 Å². The van der Waals surface area contributed by atoms with Gasteiger partial charge in [0.15, 0.2) is 0 Å². The zero-order chi connectivity index (χ0) is 24.8. The number of hydrogen-bond donors (Lipinski definition) is 1. The molecule has 182 valence electrons. The quantitative estimate of drug-likeness (QED) is 0.302. The highest BCUT2D eigenvalue weighted by Crippen LogP contribution is 2.40. The number of hydrogen-bond acceptors (Lipinski definition) is 6. The van der Waals surface area contributed by atoms with Crippen LogP contribution in [-0.2, 0) is 9.59 Å². The SMILES string of the molecule is CCN(CC)CCCN1C(=O)C(=O)C(=C(O)c2ccc(OC)c(Cl)c2)[C@H]1c1ccc(OC)cc1. The smallest absolute Gasteiger partial charge is 0.295 e. The van der Waals surface area contributed by atoms with Gasteiger partial charge in [0.1, 0.15) is 17.3 Å². The summed E-state index contributed by atoms with van der Waals surface area (Å²) in [5.41, 5.74) is 1.09. The predicted octanol–water partition coefficient (Wildman–Crippen LogP) is 4.51. The molecule has 0 bridgehead atoms. The van der Waals surface area contributed by atoms with E-state index in [-0.39, 0.29) is 11.3 Å². The van der Waals surface area contributed by atoms with Crippen molar-refractivity contribution in [1.82, 2.24) is 9.80 Å². The van der Waals surface area contributed by atoms with E-state index in [1.807, 2.05) is 0 Å². The fourth-order valence-corrected chi connectivity index (χ4v) is 4.47. The standard InChI is InChI=1S/C26H31ClN2O5/c1-5-28(6-2)14-7-15-29-23(17-8-11-19(33-3)12-9-17)22(25(31)26(29)32)24(30)18-10-13-21(34-4)20(27)16-18/h8-13,16,23,30H,5-7,14-15H2,1-4H3/t23-/m1/s1. The van der Waals surface area contributed by atoms with Crippen LogP contribution in [0.2, 0.25) is 5.02 Å². The van der Waals surface area contributed by atoms with Crippen molar-refractivity contribution in [3.05, 3.63) is 64.2 Å². The van der Waals surface area contributed by atoms with Gasteiger partial charge in [-0.15, -0.1) is 0 Å². The minimum absolute atomic E-state index is 0.0410. The number of amides is 1. The van der Waals surface area contributed by atoms with Gasteiger partial charge in [0.25, 0.3) is 11.7 Å². The van der Waals surface area contributed by atoms with Gasteiger partial charge in [-0.25, -0.2) is 0 Å². The summed E-state index contributed by atoms with van der Waals surface area (Å²) in [6.07, 6.45) is 0.704. The number of ketones is 1. The van der Waals surface area contributed by atoms with Crippen molar-refractivity contribution in [2.75, 3.05) is 40.4 Å². The summed E-state index contributed by atoms with van der Waals surface area (Å²) in [7, 11) is 3.07. The number of likely N-dealkylation sites (tertiary alicyclic amines) is 1. The molecule has 8 heteroatoms. The molecule has 0 aromatic heterocycles. The molecule has 1 aliphatic rings. The largest absolute Gasteiger partial charge is 0.507 e. The highest BCUT2D eigenvalue weighted by atomic mass is 35.5. The van der Waals surface area contributed by atoms with Crippen LogP contribution in [0.25, 0.3) is 5.76 Å². The van der Waals surface area contributed by atoms with Crippen LogP contribution in [-0.4, -0.2) is 67.0 Å². The molecule has 0 aliphatic carbocycles. The normalized spacial score (nSPS) is 17.5. The van der Waals surface area contributed by atoms with Gasteiger partial charge in [-0.05, 0) is 62.0 Å². The molecular formula is C26H31ClN2O5. The average Bonchev–Trinajstić information content (AvgIpc) is 3.11. The molecule has 0 unspecified atom stereocenters. The van der Waals surface area contributed by atoms with Gasteiger partial charge in [-0.3, -0.25) is 9.59 Å². The first-order valence-corrected chi connectivity index (χ1v) is 11.7. The summed E-state index contributed by atoms with van der Waals surface area (Å²) in [5, 5.41) is 11.5. The summed E-state index contributed by atoms with van der Waals surface area (Å²) in [6, 6.07) is 11.2. The van der Waals surface area contributed by atoms with Crippen LogP contribution in [0.3, 0.4) is 0 Å². The predicted molar refractivity (Wildman–Crippen MR) is 132 cm³/mol. The molecule has 2 aromatic rings. The van der Waals surface area contributed by atoms with Crippen molar-refractivity contribution in [2.45, 2.75) is 26.3 Å². The molecule has 34 heavy (non-hydrogen) atoms. The Labute approximate surface area is 205 Å². The minimum atomic E-state index is -0.719. The lowest BCUT2D eigenvalue weighted by atomic mass is 9.95. The molecule has 3 rings (SSSR count). The Morgan fingerprint density at radius 3 is 2.29 bits per heavy atom. The molecule has 0 saturated carbocycles. The van der Waals surface area contributed by atoms with E-state index < -0.39 is 17.7 Å². The summed E-state index contributed by atoms with van der Waals surface area (Å²) < 4.78 is 10.4. The maximum atomic E-state index is 13.2. The fraction of sp³-hybridized carbons (Fsp3) is 0.385. The number of ether oxygens (including phenoxy) is 2. The van der Waals surface area contributed by atoms with Gasteiger partial charge < -0.3 is 24.4 Å². The fourth-order valence-electron chi connectivity index (χ4n) is 4.22. The lowest BCUT2D eigenvalue weighted by Crippen LogP contribution is -2.33. The van der Waals surface area contributed by atoms with E-state index in [1.54, 1.807) is 48.4 Å². The number of Topliss-reactive ketones (excluding diaryl/α,β-unsaturated/α-hetero) is 1. The minimum Gasteiger partial charge on any atom is -0.507 e. The zero-order valence-corrected chi connectivity index (χ0v) is 20.8. The highest BCUT2D eigenvalue weighted by molar-refractivity contribution is 6.46. The number of halogens is 1. The van der Waals surface area contributed by atoms with E-state index >= 15 is 0 Å². The third kappa shape index (κ3) is 5.21. The van der Waals surface area contributed by atoms with Crippen LogP contribution in [0.5, 0.6) is 11.5 Å². The van der Waals surface area contributed by atoms with Crippen LogP contribution < -0.4 is 9.47 Å². The number of carbonyl (C=O) groups is 2. The van der Waals surface area contributed by atoms with Crippen LogP contribution in [0, 0.1) is 0 Å². The molecule has 1 aliphatic heterocycles. The Balaban J connectivity index is 2.05. The molecule has 0 spiro atoms. The Hall–Kier alpha value is -3.03. The lowest BCUT2D eigenvalue weighted by molar-refractivity contribution is -0.140. The van der Waals surface area contributed by atoms with Gasteiger partial charge in [0, 0.05) is 12.1 Å². The van der Waals surface area contributed by atoms with Crippen molar-refractivity contribution in [2.24, 2.45) is 0 Å². The van der Waals surface area contributed by atoms with E-state index in [0.717, 1.165) is 19.6 Å². The van der Waals surface area contributed by atoms with E-state index in [1.165, 1.54) is 13.2 Å². The Bertz CT molecular complexity index is 1060. The zero-order valence-electron chi connectivity index (χ0n) is 20.0. The first-order chi connectivity index (χ1) is 16.4. The lowest BCUT2D eigenvalue weighted by Gasteiger charge is -2.27. The second kappa shape index (κ2) is 11.4. The molecule has 2 aromatic carbocycles. The summed E-state index contributed by atoms with van der Waals surface area (Å²) in [5.74, 6) is -0.504. The van der Waals surface area contributed by atoms with Crippen molar-refractivity contribution in [3.63, 3.8) is 0 Å². The molecule has 1 N–H and O–H groups in total. The van der Waals surface area contributed by atoms with E-state index in [0.29, 0.717) is 40.6 Å². The number of methoxy groups -OCH3 is 2. The van der Waals surface area contributed by atoms with Crippen LogP contribution in [0.1, 0.15) is 37.4 Å². The second-order valence-electron chi connectivity index (χ2n) is 8.00. The number of aliphatic hydroxyl groups excluding tert-OH is 1. The molecule has 1 saturated heterocycles. The van der Waals surface area contributed by atoms with Gasteiger partial charge >= 0.3 is 0 Å². The summed E-state index contributed by atoms with van der Waals surface area (Å²) in [6.45, 7) is 7.20. The summed E-state index contributed by atoms with van der Waals surface area (Å²) in [4.78, 5) is 30.0. The van der Waals surface area contributed by atoms with Crippen LogP contribution in [0.4, 0.5) is 0 Å². The molecule has 1 fully saturated rings. The molecular weight excluding hydrogens is 456 g/mol. The first-order valence-electron chi connectivity index (χ1n) is 11.3. The topological polar surface area (TPSA) is 79.3 Å². The van der Waals surface area contributed by atoms with Crippen molar-refractivity contribution < 1.29 is 24.2 Å². The number of carbonyl (C=O) groups excluding carboxylic acids is 2. The van der Waals surface area contributed by atoms with E-state index in [2.05, 4.69) is 18.7 Å². The number of nitrogens with zero attached hydrogens (tertiary/aromatic N) is 2. The molecule has 1 atom stereocenters. The maximum Gasteiger partial charge on any atom is 0.295 e. The first kappa shape index (κ1) is 25.6. The third-order valence-corrected chi connectivity index (χ3v) is 6.46. The van der Waals surface area contributed by atoms with Crippen molar-refractivity contribution in [1.29, 1.82) is 0 Å². The third-order valence-electron chi connectivity index (χ3n) is 6.16. The number of rotatable bonds is 10. The van der Waals surface area contributed by atoms with Crippen LogP contribution >= 0.6 is 11.6 Å². The number of benzene rings is 2. The van der Waals surface area contributed by atoms with Crippen molar-refractivity contribution in [3.8, 4) is 11.5 Å². The van der Waals surface area contributed by atoms with Gasteiger partial charge in [-0.1, -0.05) is 37.6 Å². The van der Waals surface area contributed by atoms with Crippen molar-refractivity contribution >= 4 is 29.1 Å². The van der Waals surface area contributed by atoms with Gasteiger partial charge in [-0.2, -0.15) is 0 Å². The molecule has 1 amide bonds. The number of aliphatic hydroxyl groups is 1. The molecule has 0 radical (unpaired) electrons. The Morgan fingerprint density at radius 1 is 1.06 bits per heavy atom. The monoisotopic (exact) mass is 486 g/mol. The Kier molecular flexibility index (Phi) is 8.58. The Morgan fingerprint density at radius 2 is 1.74 bits per heavy atom. The molecule has 1 heterocycles.